The maximum absolute atomic E-state index is 10.2. The Hall–Kier alpha value is -6.80. The summed E-state index contributed by atoms with van der Waals surface area (Å²) in [6.07, 6.45) is 7.96. The number of H-pyrrole nitrogens is 2. The third kappa shape index (κ3) is 6.14. The van der Waals surface area contributed by atoms with Gasteiger partial charge in [0.25, 0.3) is 0 Å². The molecule has 8 nitrogen and oxygen atoms in total. The molecule has 0 unspecified atom stereocenters. The van der Waals surface area contributed by atoms with Gasteiger partial charge in [-0.2, -0.15) is 0 Å². The molecule has 9 rings (SSSR count). The Bertz CT molecular complexity index is 2370. The fourth-order valence-electron chi connectivity index (χ4n) is 6.93. The molecule has 0 fully saturated rings. The number of hydrogen-bond acceptors (Lipinski definition) is 6. The van der Waals surface area contributed by atoms with Crippen molar-refractivity contribution in [3.8, 4) is 67.5 Å². The first-order valence-corrected chi connectivity index (χ1v) is 16.7. The topological polar surface area (TPSA) is 138 Å². The summed E-state index contributed by atoms with van der Waals surface area (Å²) >= 11 is 0. The molecular weight excluding hydrogens is 704 g/mol. The van der Waals surface area contributed by atoms with Gasteiger partial charge in [-0.3, -0.25) is 0 Å². The normalized spacial score (nSPS) is 11.8. The predicted molar refractivity (Wildman–Crippen MR) is 207 cm³/mol. The molecule has 0 spiro atoms. The fourth-order valence-corrected chi connectivity index (χ4v) is 6.93. The molecule has 53 heavy (non-hydrogen) atoms. The van der Waals surface area contributed by atoms with Gasteiger partial charge in [0, 0.05) is 61.4 Å². The number of phenolic OH excluding ortho intramolecular Hbond substituents is 4. The van der Waals surface area contributed by atoms with Crippen LogP contribution in [0.15, 0.2) is 121 Å². The van der Waals surface area contributed by atoms with Crippen molar-refractivity contribution in [3.05, 3.63) is 144 Å². The van der Waals surface area contributed by atoms with Crippen molar-refractivity contribution in [2.24, 2.45) is 0 Å². The zero-order valence-corrected chi connectivity index (χ0v) is 29.0. The SMILES string of the molecule is Oc1ccc(-c2c3nc(c(-c4ccc(O)cc4)c4ccc([nH]4)c(-c4ccc(O)cc4)c4nc(c(-c5ccc(O)cc5)c5ccc2[nH]5)C=C4)C=C3)cc1.[Fe]. The van der Waals surface area contributed by atoms with Gasteiger partial charge in [0.05, 0.1) is 22.8 Å². The van der Waals surface area contributed by atoms with Gasteiger partial charge in [-0.25, -0.2) is 9.97 Å². The molecule has 9 heteroatoms. The van der Waals surface area contributed by atoms with Gasteiger partial charge in [-0.1, -0.05) is 48.5 Å². The van der Waals surface area contributed by atoms with E-state index in [4.69, 9.17) is 9.97 Å². The Morgan fingerprint density at radius 3 is 0.717 bits per heavy atom. The first-order valence-electron chi connectivity index (χ1n) is 16.7. The van der Waals surface area contributed by atoms with E-state index in [0.717, 1.165) is 89.4 Å². The van der Waals surface area contributed by atoms with Crippen molar-refractivity contribution >= 4 is 46.4 Å². The number of aromatic hydroxyl groups is 4. The van der Waals surface area contributed by atoms with Crippen LogP contribution >= 0.6 is 0 Å². The summed E-state index contributed by atoms with van der Waals surface area (Å²) in [6.45, 7) is 0. The van der Waals surface area contributed by atoms with Gasteiger partial charge >= 0.3 is 0 Å². The van der Waals surface area contributed by atoms with Crippen molar-refractivity contribution < 1.29 is 37.5 Å². The molecule has 8 bridgehead atoms. The Kier molecular flexibility index (Phi) is 8.43. The molecule has 0 saturated carbocycles. The number of benzene rings is 4. The first-order chi connectivity index (χ1) is 25.4. The molecule has 4 aromatic carbocycles. The minimum absolute atomic E-state index is 0. The number of fused-ring (bicyclic) bond motifs is 8. The van der Waals surface area contributed by atoms with Crippen LogP contribution in [0.25, 0.3) is 90.9 Å². The largest absolute Gasteiger partial charge is 0.508 e. The van der Waals surface area contributed by atoms with Crippen LogP contribution < -0.4 is 0 Å². The molecule has 0 radical (unpaired) electrons. The van der Waals surface area contributed by atoms with Gasteiger partial charge in [0.15, 0.2) is 0 Å². The fraction of sp³-hybridized carbons (Fsp3) is 0. The summed E-state index contributed by atoms with van der Waals surface area (Å²) in [6, 6.07) is 36.3. The Balaban J connectivity index is 0.00000400. The molecule has 2 aliphatic heterocycles. The number of nitrogens with one attached hydrogen (secondary N) is 2. The summed E-state index contributed by atoms with van der Waals surface area (Å²) < 4.78 is 0. The Morgan fingerprint density at radius 1 is 0.302 bits per heavy atom. The average Bonchev–Trinajstić information content (AvgIpc) is 3.99. The van der Waals surface area contributed by atoms with Crippen LogP contribution in [0.5, 0.6) is 23.0 Å². The number of aromatic amines is 2. The zero-order chi connectivity index (χ0) is 35.3. The second kappa shape index (κ2) is 13.4. The quantitative estimate of drug-likeness (QED) is 0.0996. The maximum Gasteiger partial charge on any atom is 0.115 e. The van der Waals surface area contributed by atoms with Crippen LogP contribution in [0.3, 0.4) is 0 Å². The number of aromatic nitrogens is 4. The second-order valence-electron chi connectivity index (χ2n) is 12.7. The molecular formula is C44H30FeN4O4. The van der Waals surface area contributed by atoms with E-state index in [1.807, 2.05) is 97.1 Å². The average molecular weight is 735 g/mol. The third-order valence-electron chi connectivity index (χ3n) is 9.38. The minimum atomic E-state index is 0. The van der Waals surface area contributed by atoms with Gasteiger partial charge in [-0.05, 0) is 119 Å². The van der Waals surface area contributed by atoms with Crippen LogP contribution in [0.4, 0.5) is 0 Å². The van der Waals surface area contributed by atoms with E-state index < -0.39 is 0 Å². The van der Waals surface area contributed by atoms with Gasteiger partial charge in [-0.15, -0.1) is 0 Å². The van der Waals surface area contributed by atoms with E-state index in [9.17, 15) is 20.4 Å². The van der Waals surface area contributed by atoms with E-state index in [0.29, 0.717) is 0 Å². The van der Waals surface area contributed by atoms with Crippen LogP contribution in [0, 0.1) is 0 Å². The summed E-state index contributed by atoms with van der Waals surface area (Å²) in [4.78, 5) is 17.8. The van der Waals surface area contributed by atoms with Crippen LogP contribution in [-0.2, 0) is 17.1 Å². The second-order valence-corrected chi connectivity index (χ2v) is 12.7. The molecule has 0 saturated heterocycles. The summed E-state index contributed by atoms with van der Waals surface area (Å²) in [5.74, 6) is 0.651. The predicted octanol–water partition coefficient (Wildman–Crippen LogP) is 10.1. The van der Waals surface area contributed by atoms with Gasteiger partial charge < -0.3 is 30.4 Å². The Morgan fingerprint density at radius 2 is 0.509 bits per heavy atom. The van der Waals surface area contributed by atoms with E-state index in [-0.39, 0.29) is 40.1 Å². The molecule has 258 valence electrons. The molecule has 0 atom stereocenters. The van der Waals surface area contributed by atoms with Gasteiger partial charge in [0.1, 0.15) is 23.0 Å². The van der Waals surface area contributed by atoms with E-state index in [1.54, 1.807) is 48.5 Å². The Labute approximate surface area is 314 Å². The number of rotatable bonds is 4. The number of hydrogen-bond donors (Lipinski definition) is 6. The van der Waals surface area contributed by atoms with Gasteiger partial charge in [0.2, 0.25) is 0 Å². The standard InChI is InChI=1S/C44H30N4O4.Fe/c49-29-9-1-25(2-10-29)41-33-17-19-35(45-33)42(26-3-11-30(50)12-4-26)37-21-23-39(47-37)44(28-7-15-32(52)16-8-28)40-24-22-38(48-40)43(36-20-18-34(41)46-36)27-5-13-31(51)14-6-27;/h1-24,45,48-52H;. The van der Waals surface area contributed by atoms with Crippen molar-refractivity contribution in [1.82, 2.24) is 19.9 Å². The molecule has 5 heterocycles. The van der Waals surface area contributed by atoms with Crippen molar-refractivity contribution in [3.63, 3.8) is 0 Å². The molecule has 0 amide bonds. The van der Waals surface area contributed by atoms with Crippen LogP contribution in [-0.4, -0.2) is 40.4 Å². The molecule has 3 aromatic heterocycles. The number of nitrogens with zero attached hydrogens (tertiary/aromatic N) is 2. The molecule has 6 N–H and O–H groups in total. The number of phenols is 4. The zero-order valence-electron chi connectivity index (χ0n) is 27.9. The van der Waals surface area contributed by atoms with E-state index in [2.05, 4.69) is 9.97 Å². The molecule has 0 aliphatic carbocycles. The van der Waals surface area contributed by atoms with Crippen molar-refractivity contribution in [2.45, 2.75) is 0 Å². The van der Waals surface area contributed by atoms with E-state index >= 15 is 0 Å². The van der Waals surface area contributed by atoms with Crippen LogP contribution in [0.1, 0.15) is 22.8 Å². The summed E-state index contributed by atoms with van der Waals surface area (Å²) in [5.41, 5.74) is 12.9. The minimum Gasteiger partial charge on any atom is -0.508 e. The first kappa shape index (κ1) is 33.3. The summed E-state index contributed by atoms with van der Waals surface area (Å²) in [5, 5.41) is 40.7. The van der Waals surface area contributed by atoms with Crippen molar-refractivity contribution in [1.29, 1.82) is 0 Å². The molecule has 7 aromatic rings. The van der Waals surface area contributed by atoms with Crippen LogP contribution in [0.2, 0.25) is 0 Å². The monoisotopic (exact) mass is 734 g/mol. The maximum atomic E-state index is 10.2. The molecule has 2 aliphatic rings. The third-order valence-corrected chi connectivity index (χ3v) is 9.38. The van der Waals surface area contributed by atoms with Crippen molar-refractivity contribution in [2.75, 3.05) is 0 Å². The smallest absolute Gasteiger partial charge is 0.115 e. The van der Waals surface area contributed by atoms with E-state index in [1.165, 1.54) is 0 Å². The summed E-state index contributed by atoms with van der Waals surface area (Å²) in [7, 11) is 0.